The molecule has 25 heavy (non-hydrogen) atoms. The standard InChI is InChI=1S/C18H16ClF3N2O/c1-9-4-5-14(19)13(17(9)25)7-11-6-12-10(2)23-16(18(20,21)22)8-15(12)24(11)3/h4-6,8,25H,7H2,1-3H3. The molecular weight excluding hydrogens is 353 g/mol. The number of phenols is 1. The van der Waals surface area contributed by atoms with Crippen LogP contribution in [-0.4, -0.2) is 14.7 Å². The molecule has 3 rings (SSSR count). The Balaban J connectivity index is 2.15. The van der Waals surface area contributed by atoms with Crippen molar-refractivity contribution in [3.8, 4) is 5.75 Å². The first-order valence-corrected chi connectivity index (χ1v) is 7.97. The van der Waals surface area contributed by atoms with E-state index in [0.29, 0.717) is 39.2 Å². The smallest absolute Gasteiger partial charge is 0.433 e. The van der Waals surface area contributed by atoms with Gasteiger partial charge in [-0.2, -0.15) is 13.2 Å². The van der Waals surface area contributed by atoms with E-state index in [1.54, 1.807) is 43.7 Å². The molecule has 0 spiro atoms. The summed E-state index contributed by atoms with van der Waals surface area (Å²) in [5.41, 5.74) is 1.82. The number of alkyl halides is 3. The summed E-state index contributed by atoms with van der Waals surface area (Å²) in [5.74, 6) is 0.101. The molecule has 1 N–H and O–H groups in total. The van der Waals surface area contributed by atoms with Crippen molar-refractivity contribution in [2.45, 2.75) is 26.4 Å². The predicted octanol–water partition coefficient (Wildman–Crippen LogP) is 5.16. The molecular formula is C18H16ClF3N2O. The summed E-state index contributed by atoms with van der Waals surface area (Å²) in [7, 11) is 1.69. The fourth-order valence-electron chi connectivity index (χ4n) is 2.93. The first-order valence-electron chi connectivity index (χ1n) is 7.59. The third-order valence-electron chi connectivity index (χ3n) is 4.41. The normalized spacial score (nSPS) is 12.1. The van der Waals surface area contributed by atoms with Crippen molar-refractivity contribution in [2.24, 2.45) is 7.05 Å². The van der Waals surface area contributed by atoms with Gasteiger partial charge < -0.3 is 9.67 Å². The lowest BCUT2D eigenvalue weighted by Crippen LogP contribution is -2.09. The van der Waals surface area contributed by atoms with Crippen molar-refractivity contribution in [2.75, 3.05) is 0 Å². The number of aromatic nitrogens is 2. The molecule has 132 valence electrons. The van der Waals surface area contributed by atoms with Gasteiger partial charge in [0.1, 0.15) is 11.4 Å². The zero-order valence-electron chi connectivity index (χ0n) is 13.9. The van der Waals surface area contributed by atoms with Crippen LogP contribution < -0.4 is 0 Å². The molecule has 3 aromatic rings. The van der Waals surface area contributed by atoms with E-state index in [1.165, 1.54) is 0 Å². The minimum atomic E-state index is -4.50. The van der Waals surface area contributed by atoms with Crippen LogP contribution in [0, 0.1) is 13.8 Å². The number of rotatable bonds is 2. The molecule has 0 aliphatic carbocycles. The van der Waals surface area contributed by atoms with Gasteiger partial charge in [0.05, 0.1) is 5.52 Å². The maximum atomic E-state index is 13.0. The minimum Gasteiger partial charge on any atom is -0.507 e. The molecule has 0 bridgehead atoms. The summed E-state index contributed by atoms with van der Waals surface area (Å²) in [6, 6.07) is 6.25. The van der Waals surface area contributed by atoms with Crippen molar-refractivity contribution in [1.82, 2.24) is 9.55 Å². The number of halogens is 4. The van der Waals surface area contributed by atoms with E-state index in [9.17, 15) is 18.3 Å². The Bertz CT molecular complexity index is 977. The molecule has 7 heteroatoms. The van der Waals surface area contributed by atoms with Crippen LogP contribution in [0.5, 0.6) is 5.75 Å². The van der Waals surface area contributed by atoms with E-state index in [2.05, 4.69) is 4.98 Å². The summed E-state index contributed by atoms with van der Waals surface area (Å²) >= 11 is 6.19. The molecule has 0 amide bonds. The van der Waals surface area contributed by atoms with Gasteiger partial charge in [0, 0.05) is 40.8 Å². The van der Waals surface area contributed by atoms with E-state index >= 15 is 0 Å². The van der Waals surface area contributed by atoms with Gasteiger partial charge >= 0.3 is 6.18 Å². The molecule has 3 nitrogen and oxygen atoms in total. The van der Waals surface area contributed by atoms with Crippen LogP contribution in [0.3, 0.4) is 0 Å². The van der Waals surface area contributed by atoms with Gasteiger partial charge in [-0.15, -0.1) is 0 Å². The fourth-order valence-corrected chi connectivity index (χ4v) is 3.15. The SMILES string of the molecule is Cc1ccc(Cl)c(Cc2cc3c(C)nc(C(F)(F)F)cc3n2C)c1O. The van der Waals surface area contributed by atoms with Gasteiger partial charge in [-0.05, 0) is 37.6 Å². The van der Waals surface area contributed by atoms with Gasteiger partial charge in [0.15, 0.2) is 0 Å². The average Bonchev–Trinajstić information content (AvgIpc) is 2.84. The van der Waals surface area contributed by atoms with Gasteiger partial charge in [-0.1, -0.05) is 17.7 Å². The van der Waals surface area contributed by atoms with Crippen molar-refractivity contribution >= 4 is 22.5 Å². The van der Waals surface area contributed by atoms with Crippen LogP contribution in [0.2, 0.25) is 5.02 Å². The van der Waals surface area contributed by atoms with E-state index in [4.69, 9.17) is 11.6 Å². The van der Waals surface area contributed by atoms with Crippen LogP contribution >= 0.6 is 11.6 Å². The highest BCUT2D eigenvalue weighted by Crippen LogP contribution is 2.35. The van der Waals surface area contributed by atoms with Crippen LogP contribution in [-0.2, 0) is 19.6 Å². The first kappa shape index (κ1) is 17.6. The molecule has 2 heterocycles. The number of pyridine rings is 1. The summed E-state index contributed by atoms with van der Waals surface area (Å²) in [6.45, 7) is 3.32. The monoisotopic (exact) mass is 368 g/mol. The number of hydrogen-bond acceptors (Lipinski definition) is 2. The minimum absolute atomic E-state index is 0.101. The van der Waals surface area contributed by atoms with Gasteiger partial charge in [0.25, 0.3) is 0 Å². The van der Waals surface area contributed by atoms with Crippen LogP contribution in [0.1, 0.15) is 28.2 Å². The molecule has 0 aliphatic rings. The molecule has 0 saturated carbocycles. The largest absolute Gasteiger partial charge is 0.507 e. The van der Waals surface area contributed by atoms with Crippen molar-refractivity contribution in [1.29, 1.82) is 0 Å². The van der Waals surface area contributed by atoms with Gasteiger partial charge in [-0.25, -0.2) is 4.98 Å². The number of benzene rings is 1. The predicted molar refractivity (Wildman–Crippen MR) is 91.1 cm³/mol. The summed E-state index contributed by atoms with van der Waals surface area (Å²) < 4.78 is 40.7. The number of nitrogens with zero attached hydrogens (tertiary/aromatic N) is 2. The summed E-state index contributed by atoms with van der Waals surface area (Å²) in [5, 5.41) is 11.3. The quantitative estimate of drug-likeness (QED) is 0.678. The second-order valence-electron chi connectivity index (χ2n) is 6.09. The van der Waals surface area contributed by atoms with Crippen molar-refractivity contribution in [3.05, 3.63) is 57.5 Å². The molecule has 1 aromatic carbocycles. The van der Waals surface area contributed by atoms with Crippen LogP contribution in [0.4, 0.5) is 13.2 Å². The molecule has 0 saturated heterocycles. The third kappa shape index (κ3) is 3.06. The molecule has 0 radical (unpaired) electrons. The highest BCUT2D eigenvalue weighted by Gasteiger charge is 2.33. The van der Waals surface area contributed by atoms with E-state index in [-0.39, 0.29) is 5.75 Å². The van der Waals surface area contributed by atoms with E-state index < -0.39 is 11.9 Å². The zero-order chi connectivity index (χ0) is 18.5. The van der Waals surface area contributed by atoms with E-state index in [0.717, 1.165) is 11.8 Å². The fraction of sp³-hybridized carbons (Fsp3) is 0.278. The summed E-state index contributed by atoms with van der Waals surface area (Å²) in [6.07, 6.45) is -4.19. The van der Waals surface area contributed by atoms with Crippen molar-refractivity contribution < 1.29 is 18.3 Å². The van der Waals surface area contributed by atoms with E-state index in [1.807, 2.05) is 0 Å². The Morgan fingerprint density at radius 2 is 1.88 bits per heavy atom. The second-order valence-corrected chi connectivity index (χ2v) is 6.49. The Kier molecular flexibility index (Phi) is 4.19. The zero-order valence-corrected chi connectivity index (χ0v) is 14.6. The Morgan fingerprint density at radius 3 is 2.52 bits per heavy atom. The second kappa shape index (κ2) is 5.95. The van der Waals surface area contributed by atoms with Gasteiger partial charge in [-0.3, -0.25) is 0 Å². The maximum absolute atomic E-state index is 13.0. The molecule has 0 atom stereocenters. The van der Waals surface area contributed by atoms with Crippen LogP contribution in [0.25, 0.3) is 10.9 Å². The van der Waals surface area contributed by atoms with Crippen LogP contribution in [0.15, 0.2) is 24.3 Å². The molecule has 0 aliphatic heterocycles. The van der Waals surface area contributed by atoms with Crippen molar-refractivity contribution in [3.63, 3.8) is 0 Å². The molecule has 0 fully saturated rings. The van der Waals surface area contributed by atoms with Gasteiger partial charge in [0.2, 0.25) is 0 Å². The number of hydrogen-bond donors (Lipinski definition) is 1. The lowest BCUT2D eigenvalue weighted by Gasteiger charge is -2.11. The molecule has 2 aromatic heterocycles. The Hall–Kier alpha value is -2.21. The number of aromatic hydroxyl groups is 1. The lowest BCUT2D eigenvalue weighted by molar-refractivity contribution is -0.141. The lowest BCUT2D eigenvalue weighted by atomic mass is 10.0. The highest BCUT2D eigenvalue weighted by atomic mass is 35.5. The number of phenolic OH excluding ortho intramolecular Hbond substituents is 1. The first-order chi connectivity index (χ1) is 11.6. The Labute approximate surface area is 147 Å². The maximum Gasteiger partial charge on any atom is 0.433 e. The molecule has 0 unspecified atom stereocenters. The average molecular weight is 369 g/mol. The highest BCUT2D eigenvalue weighted by molar-refractivity contribution is 6.31. The third-order valence-corrected chi connectivity index (χ3v) is 4.76. The topological polar surface area (TPSA) is 38.0 Å². The number of fused-ring (bicyclic) bond motifs is 1. The number of aryl methyl sites for hydroxylation is 3. The Morgan fingerprint density at radius 1 is 1.20 bits per heavy atom. The summed E-state index contributed by atoms with van der Waals surface area (Å²) in [4.78, 5) is 3.67.